The van der Waals surface area contributed by atoms with Crippen LogP contribution in [0.3, 0.4) is 0 Å². The van der Waals surface area contributed by atoms with Gasteiger partial charge in [0.15, 0.2) is 5.13 Å². The van der Waals surface area contributed by atoms with E-state index in [1.54, 1.807) is 31.4 Å². The van der Waals surface area contributed by atoms with E-state index in [0.717, 1.165) is 17.9 Å². The SMILES string of the molecule is COc1ccc(NC(=O)Nc2nc(C(N)CC(C)C)cs2)cc1. The molecule has 124 valence electrons. The molecule has 1 aromatic carbocycles. The maximum atomic E-state index is 12.0. The number of aromatic nitrogens is 1. The van der Waals surface area contributed by atoms with E-state index in [4.69, 9.17) is 10.5 Å². The van der Waals surface area contributed by atoms with Gasteiger partial charge < -0.3 is 15.8 Å². The maximum Gasteiger partial charge on any atom is 0.325 e. The molecule has 23 heavy (non-hydrogen) atoms. The van der Waals surface area contributed by atoms with E-state index in [1.807, 2.05) is 5.38 Å². The number of amides is 2. The summed E-state index contributed by atoms with van der Waals surface area (Å²) < 4.78 is 5.07. The molecular formula is C16H22N4O2S. The van der Waals surface area contributed by atoms with Crippen molar-refractivity contribution in [2.24, 2.45) is 11.7 Å². The summed E-state index contributed by atoms with van der Waals surface area (Å²) in [5, 5.41) is 7.88. The predicted molar refractivity (Wildman–Crippen MR) is 94.1 cm³/mol. The number of thiazole rings is 1. The second kappa shape index (κ2) is 7.94. The van der Waals surface area contributed by atoms with Crippen LogP contribution in [0, 0.1) is 5.92 Å². The van der Waals surface area contributed by atoms with Crippen molar-refractivity contribution >= 4 is 28.2 Å². The number of carbonyl (C=O) groups excluding carboxylic acids is 1. The van der Waals surface area contributed by atoms with Crippen LogP contribution in [0.2, 0.25) is 0 Å². The Morgan fingerprint density at radius 2 is 2.00 bits per heavy atom. The van der Waals surface area contributed by atoms with E-state index in [1.165, 1.54) is 11.3 Å². The van der Waals surface area contributed by atoms with Gasteiger partial charge in [0.1, 0.15) is 5.75 Å². The zero-order chi connectivity index (χ0) is 16.8. The van der Waals surface area contributed by atoms with Crippen molar-refractivity contribution in [3.05, 3.63) is 35.3 Å². The van der Waals surface area contributed by atoms with Crippen LogP contribution in [0.15, 0.2) is 29.6 Å². The van der Waals surface area contributed by atoms with Crippen LogP contribution in [0.5, 0.6) is 5.75 Å². The topological polar surface area (TPSA) is 89.3 Å². The Labute approximate surface area is 140 Å². The van der Waals surface area contributed by atoms with Crippen molar-refractivity contribution in [1.82, 2.24) is 4.98 Å². The minimum atomic E-state index is -0.339. The van der Waals surface area contributed by atoms with Gasteiger partial charge in [-0.2, -0.15) is 0 Å². The minimum absolute atomic E-state index is 0.105. The number of rotatable bonds is 6. The van der Waals surface area contributed by atoms with Crippen LogP contribution in [0.25, 0.3) is 0 Å². The Bertz CT molecular complexity index is 640. The first-order chi connectivity index (χ1) is 11.0. The fraction of sp³-hybridized carbons (Fsp3) is 0.375. The lowest BCUT2D eigenvalue weighted by Crippen LogP contribution is -2.19. The number of nitrogens with zero attached hydrogens (tertiary/aromatic N) is 1. The molecule has 1 unspecified atom stereocenters. The fourth-order valence-electron chi connectivity index (χ4n) is 2.08. The quantitative estimate of drug-likeness (QED) is 0.748. The Balaban J connectivity index is 1.91. The third-order valence-electron chi connectivity index (χ3n) is 3.20. The molecule has 0 aliphatic carbocycles. The fourth-order valence-corrected chi connectivity index (χ4v) is 2.85. The molecule has 2 aromatic rings. The number of nitrogens with one attached hydrogen (secondary N) is 2. The highest BCUT2D eigenvalue weighted by molar-refractivity contribution is 7.13. The van der Waals surface area contributed by atoms with Crippen molar-refractivity contribution in [2.75, 3.05) is 17.7 Å². The molecule has 0 aliphatic heterocycles. The summed E-state index contributed by atoms with van der Waals surface area (Å²) in [5.41, 5.74) is 7.58. The molecule has 4 N–H and O–H groups in total. The summed E-state index contributed by atoms with van der Waals surface area (Å²) >= 11 is 1.37. The number of benzene rings is 1. The molecule has 0 spiro atoms. The largest absolute Gasteiger partial charge is 0.497 e. The van der Waals surface area contributed by atoms with Gasteiger partial charge in [-0.25, -0.2) is 9.78 Å². The molecule has 0 fully saturated rings. The van der Waals surface area contributed by atoms with Crippen LogP contribution >= 0.6 is 11.3 Å². The van der Waals surface area contributed by atoms with Crippen molar-refractivity contribution in [3.8, 4) is 5.75 Å². The van der Waals surface area contributed by atoms with E-state index in [0.29, 0.717) is 16.7 Å². The molecule has 1 atom stereocenters. The third-order valence-corrected chi connectivity index (χ3v) is 3.97. The number of carbonyl (C=O) groups is 1. The van der Waals surface area contributed by atoms with Gasteiger partial charge >= 0.3 is 6.03 Å². The minimum Gasteiger partial charge on any atom is -0.497 e. The third kappa shape index (κ3) is 5.22. The van der Waals surface area contributed by atoms with E-state index >= 15 is 0 Å². The zero-order valence-corrected chi connectivity index (χ0v) is 14.3. The van der Waals surface area contributed by atoms with E-state index in [2.05, 4.69) is 29.5 Å². The number of ether oxygens (including phenoxy) is 1. The Morgan fingerprint density at radius 3 is 2.61 bits per heavy atom. The lowest BCUT2D eigenvalue weighted by atomic mass is 10.0. The summed E-state index contributed by atoms with van der Waals surface area (Å²) in [6, 6.07) is 6.65. The lowest BCUT2D eigenvalue weighted by Gasteiger charge is -2.11. The van der Waals surface area contributed by atoms with Crippen LogP contribution in [0.4, 0.5) is 15.6 Å². The Kier molecular flexibility index (Phi) is 5.95. The molecule has 6 nitrogen and oxygen atoms in total. The van der Waals surface area contributed by atoms with Crippen molar-refractivity contribution in [3.63, 3.8) is 0 Å². The van der Waals surface area contributed by atoms with Crippen molar-refractivity contribution in [1.29, 1.82) is 0 Å². The average molecular weight is 334 g/mol. The summed E-state index contributed by atoms with van der Waals surface area (Å²) in [4.78, 5) is 16.3. The second-order valence-electron chi connectivity index (χ2n) is 5.62. The second-order valence-corrected chi connectivity index (χ2v) is 6.48. The average Bonchev–Trinajstić information content (AvgIpc) is 2.96. The van der Waals surface area contributed by atoms with Crippen molar-refractivity contribution in [2.45, 2.75) is 26.3 Å². The number of anilines is 2. The van der Waals surface area contributed by atoms with Gasteiger partial charge in [-0.15, -0.1) is 11.3 Å². The molecule has 2 amide bonds. The molecule has 2 rings (SSSR count). The smallest absolute Gasteiger partial charge is 0.325 e. The van der Waals surface area contributed by atoms with Gasteiger partial charge in [-0.1, -0.05) is 13.8 Å². The monoisotopic (exact) mass is 334 g/mol. The lowest BCUT2D eigenvalue weighted by molar-refractivity contribution is 0.262. The van der Waals surface area contributed by atoms with E-state index in [-0.39, 0.29) is 12.1 Å². The first kappa shape index (κ1) is 17.2. The number of methoxy groups -OCH3 is 1. The zero-order valence-electron chi connectivity index (χ0n) is 13.5. The molecule has 0 saturated heterocycles. The number of hydrogen-bond donors (Lipinski definition) is 3. The van der Waals surface area contributed by atoms with Gasteiger partial charge in [0.2, 0.25) is 0 Å². The Hall–Kier alpha value is -2.12. The molecule has 0 bridgehead atoms. The van der Waals surface area contributed by atoms with Crippen LogP contribution in [-0.4, -0.2) is 18.1 Å². The summed E-state index contributed by atoms with van der Waals surface area (Å²) in [7, 11) is 1.60. The first-order valence-electron chi connectivity index (χ1n) is 7.41. The van der Waals surface area contributed by atoms with Gasteiger partial charge in [0, 0.05) is 17.1 Å². The van der Waals surface area contributed by atoms with Crippen LogP contribution in [0.1, 0.15) is 32.0 Å². The van der Waals surface area contributed by atoms with Gasteiger partial charge in [-0.3, -0.25) is 5.32 Å². The van der Waals surface area contributed by atoms with Crippen LogP contribution in [-0.2, 0) is 0 Å². The molecular weight excluding hydrogens is 312 g/mol. The maximum absolute atomic E-state index is 12.0. The summed E-state index contributed by atoms with van der Waals surface area (Å²) in [5.74, 6) is 1.24. The van der Waals surface area contributed by atoms with Gasteiger partial charge in [-0.05, 0) is 36.6 Å². The molecule has 1 aromatic heterocycles. The Morgan fingerprint density at radius 1 is 1.30 bits per heavy atom. The first-order valence-corrected chi connectivity index (χ1v) is 8.29. The molecule has 0 saturated carbocycles. The summed E-state index contributed by atoms with van der Waals surface area (Å²) in [6.07, 6.45) is 0.862. The number of nitrogens with two attached hydrogens (primary N) is 1. The molecule has 0 radical (unpaired) electrons. The highest BCUT2D eigenvalue weighted by Gasteiger charge is 2.13. The number of urea groups is 1. The van der Waals surface area contributed by atoms with E-state index < -0.39 is 0 Å². The molecule has 7 heteroatoms. The normalized spacial score (nSPS) is 12.0. The van der Waals surface area contributed by atoms with E-state index in [9.17, 15) is 4.79 Å². The van der Waals surface area contributed by atoms with Gasteiger partial charge in [0.25, 0.3) is 0 Å². The molecule has 1 heterocycles. The molecule has 0 aliphatic rings. The highest BCUT2D eigenvalue weighted by atomic mass is 32.1. The highest BCUT2D eigenvalue weighted by Crippen LogP contribution is 2.24. The van der Waals surface area contributed by atoms with Crippen molar-refractivity contribution < 1.29 is 9.53 Å². The van der Waals surface area contributed by atoms with Crippen LogP contribution < -0.4 is 21.1 Å². The summed E-state index contributed by atoms with van der Waals surface area (Å²) in [6.45, 7) is 4.24. The van der Waals surface area contributed by atoms with Gasteiger partial charge in [0.05, 0.1) is 12.8 Å². The standard InChI is InChI=1S/C16H22N4O2S/c1-10(2)8-13(17)14-9-23-16(19-14)20-15(21)18-11-4-6-12(22-3)7-5-11/h4-7,9-10,13H,8,17H2,1-3H3,(H2,18,19,20,21). The number of hydrogen-bond acceptors (Lipinski definition) is 5. The predicted octanol–water partition coefficient (Wildman–Crippen LogP) is 3.84.